The van der Waals surface area contributed by atoms with Crippen molar-refractivity contribution in [2.45, 2.75) is 37.8 Å². The van der Waals surface area contributed by atoms with Gasteiger partial charge in [-0.1, -0.05) is 12.2 Å². The first-order valence-electron chi connectivity index (χ1n) is 5.83. The Morgan fingerprint density at radius 2 is 2.06 bits per heavy atom. The predicted molar refractivity (Wildman–Crippen MR) is 62.6 cm³/mol. The van der Waals surface area contributed by atoms with E-state index in [4.69, 9.17) is 0 Å². The van der Waals surface area contributed by atoms with Gasteiger partial charge in [0.2, 0.25) is 0 Å². The third kappa shape index (κ3) is 1.75. The first-order chi connectivity index (χ1) is 7.84. The van der Waals surface area contributed by atoms with Gasteiger partial charge in [-0.3, -0.25) is 4.79 Å². The number of hydrogen-bond acceptors (Lipinski definition) is 3. The highest BCUT2D eigenvalue weighted by molar-refractivity contribution is 5.34. The van der Waals surface area contributed by atoms with E-state index in [-0.39, 0.29) is 5.56 Å². The maximum atomic E-state index is 12.1. The molecule has 3 rings (SSSR count). The van der Waals surface area contributed by atoms with Crippen LogP contribution < -0.4 is 10.9 Å². The zero-order valence-corrected chi connectivity index (χ0v) is 9.10. The summed E-state index contributed by atoms with van der Waals surface area (Å²) in [5, 5.41) is 3.23. The molecule has 0 aliphatic heterocycles. The molecule has 0 saturated heterocycles. The van der Waals surface area contributed by atoms with Crippen LogP contribution in [-0.2, 0) is 0 Å². The lowest BCUT2D eigenvalue weighted by Gasteiger charge is -2.13. The van der Waals surface area contributed by atoms with E-state index in [0.29, 0.717) is 17.9 Å². The molecule has 4 heteroatoms. The van der Waals surface area contributed by atoms with Gasteiger partial charge in [0, 0.05) is 24.5 Å². The van der Waals surface area contributed by atoms with Crippen molar-refractivity contribution in [3.8, 4) is 0 Å². The number of hydrogen-bond donors (Lipinski definition) is 1. The minimum absolute atomic E-state index is 0.0249. The summed E-state index contributed by atoms with van der Waals surface area (Å²) in [4.78, 5) is 16.2. The molecule has 0 unspecified atom stereocenters. The lowest BCUT2D eigenvalue weighted by atomic mass is 10.2. The molecular weight excluding hydrogens is 202 g/mol. The normalized spacial score (nSPS) is 20.2. The van der Waals surface area contributed by atoms with Gasteiger partial charge >= 0.3 is 0 Å². The predicted octanol–water partition coefficient (Wildman–Crippen LogP) is 1.71. The van der Waals surface area contributed by atoms with Crippen molar-refractivity contribution in [2.75, 3.05) is 5.32 Å². The van der Waals surface area contributed by atoms with Crippen molar-refractivity contribution in [1.29, 1.82) is 0 Å². The molecule has 16 heavy (non-hydrogen) atoms. The average molecular weight is 217 g/mol. The van der Waals surface area contributed by atoms with Gasteiger partial charge in [0.1, 0.15) is 0 Å². The smallest absolute Gasteiger partial charge is 0.293 e. The Balaban J connectivity index is 1.83. The van der Waals surface area contributed by atoms with Crippen molar-refractivity contribution in [3.63, 3.8) is 0 Å². The molecule has 1 heterocycles. The second-order valence-corrected chi connectivity index (χ2v) is 4.50. The molecule has 1 aromatic heterocycles. The third-order valence-electron chi connectivity index (χ3n) is 3.16. The molecular formula is C12H15N3O. The summed E-state index contributed by atoms with van der Waals surface area (Å²) in [5.41, 5.74) is 0.0249. The minimum atomic E-state index is 0.0249. The molecule has 1 aromatic rings. The van der Waals surface area contributed by atoms with E-state index in [1.54, 1.807) is 17.0 Å². The van der Waals surface area contributed by atoms with Crippen LogP contribution in [0.1, 0.15) is 31.7 Å². The molecule has 1 saturated carbocycles. The van der Waals surface area contributed by atoms with Crippen molar-refractivity contribution >= 4 is 5.82 Å². The molecule has 2 aliphatic carbocycles. The van der Waals surface area contributed by atoms with Crippen LogP contribution >= 0.6 is 0 Å². The average Bonchev–Trinajstić information content (AvgIpc) is 3.00. The van der Waals surface area contributed by atoms with E-state index >= 15 is 0 Å². The largest absolute Gasteiger partial charge is 0.362 e. The monoisotopic (exact) mass is 217 g/mol. The van der Waals surface area contributed by atoms with E-state index in [1.807, 2.05) is 0 Å². The van der Waals surface area contributed by atoms with Gasteiger partial charge in [0.05, 0.1) is 0 Å². The lowest BCUT2D eigenvalue weighted by molar-refractivity contribution is 0.691. The van der Waals surface area contributed by atoms with Crippen LogP contribution in [0.15, 0.2) is 29.3 Å². The van der Waals surface area contributed by atoms with Gasteiger partial charge in [0.25, 0.3) is 5.56 Å². The summed E-state index contributed by atoms with van der Waals surface area (Å²) in [6, 6.07) is 0.757. The summed E-state index contributed by atoms with van der Waals surface area (Å²) in [6.45, 7) is 0. The molecule has 0 spiro atoms. The van der Waals surface area contributed by atoms with Gasteiger partial charge in [-0.25, -0.2) is 4.98 Å². The third-order valence-corrected chi connectivity index (χ3v) is 3.16. The molecule has 4 nitrogen and oxygen atoms in total. The van der Waals surface area contributed by atoms with Gasteiger partial charge in [0.15, 0.2) is 5.82 Å². The zero-order valence-electron chi connectivity index (χ0n) is 9.10. The zero-order chi connectivity index (χ0) is 11.0. The van der Waals surface area contributed by atoms with E-state index in [9.17, 15) is 4.79 Å². The Morgan fingerprint density at radius 3 is 2.75 bits per heavy atom. The quantitative estimate of drug-likeness (QED) is 0.784. The number of nitrogens with zero attached hydrogens (tertiary/aromatic N) is 2. The molecule has 84 valence electrons. The van der Waals surface area contributed by atoms with E-state index in [1.165, 1.54) is 0 Å². The van der Waals surface area contributed by atoms with Crippen molar-refractivity contribution in [1.82, 2.24) is 9.55 Å². The van der Waals surface area contributed by atoms with Crippen LogP contribution in [0.2, 0.25) is 0 Å². The fraction of sp³-hybridized carbons (Fsp3) is 0.500. The number of aromatic nitrogens is 2. The van der Waals surface area contributed by atoms with E-state index < -0.39 is 0 Å². The minimum Gasteiger partial charge on any atom is -0.362 e. The standard InChI is InChI=1S/C12H15N3O/c16-12-11(14-9-3-1-2-4-9)13-7-8-15(12)10-5-6-10/h1-2,7-10H,3-6H2,(H,13,14). The fourth-order valence-electron chi connectivity index (χ4n) is 2.09. The highest BCUT2D eigenvalue weighted by Gasteiger charge is 2.25. The first-order valence-corrected chi connectivity index (χ1v) is 5.83. The summed E-state index contributed by atoms with van der Waals surface area (Å²) in [5.74, 6) is 0.503. The molecule has 0 aromatic carbocycles. The van der Waals surface area contributed by atoms with Crippen LogP contribution in [0.5, 0.6) is 0 Å². The van der Waals surface area contributed by atoms with E-state index in [2.05, 4.69) is 22.5 Å². The second-order valence-electron chi connectivity index (χ2n) is 4.50. The highest BCUT2D eigenvalue weighted by Crippen LogP contribution is 2.33. The number of anilines is 1. The Labute approximate surface area is 94.0 Å². The molecule has 0 atom stereocenters. The van der Waals surface area contributed by atoms with Gasteiger partial charge in [-0.05, 0) is 25.7 Å². The first kappa shape index (κ1) is 9.63. The topological polar surface area (TPSA) is 46.9 Å². The maximum absolute atomic E-state index is 12.1. The molecule has 2 aliphatic rings. The van der Waals surface area contributed by atoms with Crippen LogP contribution in [-0.4, -0.2) is 15.6 Å². The Bertz CT molecular complexity index is 465. The molecule has 0 bridgehead atoms. The van der Waals surface area contributed by atoms with Gasteiger partial charge < -0.3 is 9.88 Å². The van der Waals surface area contributed by atoms with Crippen LogP contribution in [0.4, 0.5) is 5.82 Å². The molecule has 1 N–H and O–H groups in total. The summed E-state index contributed by atoms with van der Waals surface area (Å²) >= 11 is 0. The van der Waals surface area contributed by atoms with E-state index in [0.717, 1.165) is 25.7 Å². The highest BCUT2D eigenvalue weighted by atomic mass is 16.1. The summed E-state index contributed by atoms with van der Waals surface area (Å²) < 4.78 is 1.80. The van der Waals surface area contributed by atoms with Gasteiger partial charge in [-0.2, -0.15) is 0 Å². The summed E-state index contributed by atoms with van der Waals surface area (Å²) in [7, 11) is 0. The van der Waals surface area contributed by atoms with Gasteiger partial charge in [-0.15, -0.1) is 0 Å². The molecule has 0 amide bonds. The van der Waals surface area contributed by atoms with Crippen molar-refractivity contribution in [3.05, 3.63) is 34.9 Å². The van der Waals surface area contributed by atoms with Crippen molar-refractivity contribution in [2.24, 2.45) is 0 Å². The van der Waals surface area contributed by atoms with Crippen LogP contribution in [0.3, 0.4) is 0 Å². The van der Waals surface area contributed by atoms with Crippen LogP contribution in [0.25, 0.3) is 0 Å². The number of nitrogens with one attached hydrogen (secondary N) is 1. The van der Waals surface area contributed by atoms with Crippen LogP contribution in [0, 0.1) is 0 Å². The SMILES string of the molecule is O=c1c(NC2CC=CC2)nccn1C1CC1. The molecule has 1 fully saturated rings. The molecule has 0 radical (unpaired) electrons. The van der Waals surface area contributed by atoms with Crippen molar-refractivity contribution < 1.29 is 0 Å². The number of rotatable bonds is 3. The Morgan fingerprint density at radius 1 is 1.31 bits per heavy atom. The Hall–Kier alpha value is -1.58. The fourth-order valence-corrected chi connectivity index (χ4v) is 2.09. The summed E-state index contributed by atoms with van der Waals surface area (Å²) in [6.07, 6.45) is 12.0. The second kappa shape index (κ2) is 3.77. The lowest BCUT2D eigenvalue weighted by Crippen LogP contribution is -2.27. The maximum Gasteiger partial charge on any atom is 0.293 e. The Kier molecular flexibility index (Phi) is 2.27.